The summed E-state index contributed by atoms with van der Waals surface area (Å²) >= 11 is 0. The highest BCUT2D eigenvalue weighted by Crippen LogP contribution is 2.33. The zero-order valence-electron chi connectivity index (χ0n) is 14.9. The first-order valence-electron chi connectivity index (χ1n) is 9.46. The van der Waals surface area contributed by atoms with Crippen molar-refractivity contribution in [3.8, 4) is 0 Å². The molecule has 0 aromatic rings. The Labute approximate surface area is 137 Å². The second-order valence-corrected chi connectivity index (χ2v) is 7.15. The standard InChI is InChI=1S/C20H36O2/c1-4-5-6-7-8-9-10-18-11-13-19(14-12-18)15-16-22-20(21)17(2)3/h18-19H,2,4-16H2,1,3H3. The number of unbranched alkanes of at least 4 members (excludes halogenated alkanes) is 5. The fourth-order valence-electron chi connectivity index (χ4n) is 3.46. The van der Waals surface area contributed by atoms with Gasteiger partial charge in [0.1, 0.15) is 0 Å². The van der Waals surface area contributed by atoms with E-state index in [1.165, 1.54) is 70.6 Å². The summed E-state index contributed by atoms with van der Waals surface area (Å²) in [6.45, 7) is 8.16. The van der Waals surface area contributed by atoms with Gasteiger partial charge in [-0.3, -0.25) is 0 Å². The zero-order valence-corrected chi connectivity index (χ0v) is 14.9. The van der Waals surface area contributed by atoms with Gasteiger partial charge in [-0.25, -0.2) is 4.79 Å². The molecule has 22 heavy (non-hydrogen) atoms. The molecule has 128 valence electrons. The van der Waals surface area contributed by atoms with Gasteiger partial charge in [0.25, 0.3) is 0 Å². The number of esters is 1. The molecule has 0 amide bonds. The minimum absolute atomic E-state index is 0.239. The summed E-state index contributed by atoms with van der Waals surface area (Å²) in [5.41, 5.74) is 0.502. The van der Waals surface area contributed by atoms with E-state index in [1.807, 2.05) is 0 Å². The van der Waals surface area contributed by atoms with Crippen LogP contribution in [0.4, 0.5) is 0 Å². The number of hydrogen-bond donors (Lipinski definition) is 0. The largest absolute Gasteiger partial charge is 0.462 e. The first-order chi connectivity index (χ1) is 10.6. The van der Waals surface area contributed by atoms with Crippen LogP contribution in [0.25, 0.3) is 0 Å². The lowest BCUT2D eigenvalue weighted by Crippen LogP contribution is -2.17. The third kappa shape index (κ3) is 8.60. The lowest BCUT2D eigenvalue weighted by atomic mass is 9.78. The number of rotatable bonds is 11. The summed E-state index contributed by atoms with van der Waals surface area (Å²) in [4.78, 5) is 11.3. The van der Waals surface area contributed by atoms with Crippen LogP contribution in [0, 0.1) is 11.8 Å². The number of ether oxygens (including phenoxy) is 1. The van der Waals surface area contributed by atoms with Crippen molar-refractivity contribution in [2.24, 2.45) is 11.8 Å². The van der Waals surface area contributed by atoms with Gasteiger partial charge in [0, 0.05) is 5.57 Å². The Morgan fingerprint density at radius 1 is 0.955 bits per heavy atom. The summed E-state index contributed by atoms with van der Waals surface area (Å²) in [6.07, 6.45) is 16.3. The molecule has 1 fully saturated rings. The van der Waals surface area contributed by atoms with Crippen LogP contribution in [-0.2, 0) is 9.53 Å². The van der Waals surface area contributed by atoms with Crippen LogP contribution in [0.2, 0.25) is 0 Å². The van der Waals surface area contributed by atoms with E-state index < -0.39 is 0 Å². The monoisotopic (exact) mass is 308 g/mol. The first-order valence-corrected chi connectivity index (χ1v) is 9.46. The molecule has 0 unspecified atom stereocenters. The summed E-state index contributed by atoms with van der Waals surface area (Å²) < 4.78 is 5.21. The fourth-order valence-corrected chi connectivity index (χ4v) is 3.46. The van der Waals surface area contributed by atoms with Crippen molar-refractivity contribution in [3.05, 3.63) is 12.2 Å². The maximum Gasteiger partial charge on any atom is 0.333 e. The topological polar surface area (TPSA) is 26.3 Å². The molecular formula is C20H36O2. The van der Waals surface area contributed by atoms with E-state index in [2.05, 4.69) is 13.5 Å². The minimum atomic E-state index is -0.239. The van der Waals surface area contributed by atoms with Crippen LogP contribution < -0.4 is 0 Å². The minimum Gasteiger partial charge on any atom is -0.462 e. The first kappa shape index (κ1) is 19.3. The van der Waals surface area contributed by atoms with Gasteiger partial charge in [-0.05, 0) is 25.2 Å². The fraction of sp³-hybridized carbons (Fsp3) is 0.850. The predicted octanol–water partition coefficient (Wildman–Crippen LogP) is 6.05. The molecule has 0 saturated heterocycles. The molecule has 0 N–H and O–H groups in total. The smallest absolute Gasteiger partial charge is 0.333 e. The lowest BCUT2D eigenvalue weighted by molar-refractivity contribution is -0.139. The van der Waals surface area contributed by atoms with Crippen molar-refractivity contribution < 1.29 is 9.53 Å². The molecule has 0 radical (unpaired) electrons. The molecule has 0 aromatic heterocycles. The highest BCUT2D eigenvalue weighted by atomic mass is 16.5. The second-order valence-electron chi connectivity index (χ2n) is 7.15. The Morgan fingerprint density at radius 3 is 2.09 bits per heavy atom. The van der Waals surface area contributed by atoms with Crippen molar-refractivity contribution in [2.75, 3.05) is 6.61 Å². The van der Waals surface area contributed by atoms with Gasteiger partial charge in [-0.15, -0.1) is 0 Å². The average molecular weight is 309 g/mol. The Kier molecular flexibility index (Phi) is 10.3. The van der Waals surface area contributed by atoms with Crippen molar-refractivity contribution in [1.29, 1.82) is 0 Å². The number of hydrogen-bond acceptors (Lipinski definition) is 2. The van der Waals surface area contributed by atoms with Gasteiger partial charge in [0.2, 0.25) is 0 Å². The second kappa shape index (κ2) is 11.7. The third-order valence-electron chi connectivity index (χ3n) is 5.04. The molecule has 2 heteroatoms. The van der Waals surface area contributed by atoms with Crippen LogP contribution in [0.3, 0.4) is 0 Å². The summed E-state index contributed by atoms with van der Waals surface area (Å²) in [7, 11) is 0. The average Bonchev–Trinajstić information content (AvgIpc) is 2.52. The van der Waals surface area contributed by atoms with Gasteiger partial charge >= 0.3 is 5.97 Å². The van der Waals surface area contributed by atoms with Crippen molar-refractivity contribution in [2.45, 2.75) is 90.9 Å². The highest BCUT2D eigenvalue weighted by molar-refractivity contribution is 5.86. The summed E-state index contributed by atoms with van der Waals surface area (Å²) in [5, 5.41) is 0. The van der Waals surface area contributed by atoms with Crippen molar-refractivity contribution in [3.63, 3.8) is 0 Å². The molecule has 2 nitrogen and oxygen atoms in total. The molecule has 0 heterocycles. The van der Waals surface area contributed by atoms with E-state index in [-0.39, 0.29) is 5.97 Å². The van der Waals surface area contributed by atoms with Crippen LogP contribution in [0.5, 0.6) is 0 Å². The van der Waals surface area contributed by atoms with E-state index in [0.29, 0.717) is 12.2 Å². The molecule has 1 aliphatic carbocycles. The number of carbonyl (C=O) groups excluding carboxylic acids is 1. The van der Waals surface area contributed by atoms with Gasteiger partial charge in [-0.2, -0.15) is 0 Å². The van der Waals surface area contributed by atoms with Crippen molar-refractivity contribution >= 4 is 5.97 Å². The Hall–Kier alpha value is -0.790. The van der Waals surface area contributed by atoms with E-state index >= 15 is 0 Å². The molecule has 0 aromatic carbocycles. The summed E-state index contributed by atoms with van der Waals surface area (Å²) in [5.74, 6) is 1.48. The Morgan fingerprint density at radius 2 is 1.50 bits per heavy atom. The molecular weight excluding hydrogens is 272 g/mol. The van der Waals surface area contributed by atoms with Gasteiger partial charge in [0.05, 0.1) is 6.61 Å². The van der Waals surface area contributed by atoms with Gasteiger partial charge < -0.3 is 4.74 Å². The van der Waals surface area contributed by atoms with E-state index in [4.69, 9.17) is 4.74 Å². The zero-order chi connectivity index (χ0) is 16.2. The molecule has 0 bridgehead atoms. The van der Waals surface area contributed by atoms with E-state index in [9.17, 15) is 4.79 Å². The van der Waals surface area contributed by atoms with Crippen LogP contribution in [0.1, 0.15) is 90.9 Å². The predicted molar refractivity (Wildman–Crippen MR) is 93.8 cm³/mol. The molecule has 1 saturated carbocycles. The molecule has 1 rings (SSSR count). The van der Waals surface area contributed by atoms with Crippen LogP contribution >= 0.6 is 0 Å². The third-order valence-corrected chi connectivity index (χ3v) is 5.04. The van der Waals surface area contributed by atoms with E-state index in [1.54, 1.807) is 6.92 Å². The van der Waals surface area contributed by atoms with Crippen LogP contribution in [-0.4, -0.2) is 12.6 Å². The quantitative estimate of drug-likeness (QED) is 0.264. The lowest BCUT2D eigenvalue weighted by Gasteiger charge is -2.28. The maximum absolute atomic E-state index is 11.3. The van der Waals surface area contributed by atoms with Gasteiger partial charge in [0.15, 0.2) is 0 Å². The maximum atomic E-state index is 11.3. The highest BCUT2D eigenvalue weighted by Gasteiger charge is 2.21. The SMILES string of the molecule is C=C(C)C(=O)OCCC1CCC(CCCCCCCC)CC1. The van der Waals surface area contributed by atoms with Gasteiger partial charge in [-0.1, -0.05) is 84.1 Å². The normalized spacial score (nSPS) is 21.5. The Bertz CT molecular complexity index is 314. The molecule has 0 spiro atoms. The molecule has 1 aliphatic rings. The van der Waals surface area contributed by atoms with Crippen LogP contribution in [0.15, 0.2) is 12.2 Å². The molecule has 0 aliphatic heterocycles. The van der Waals surface area contributed by atoms with E-state index in [0.717, 1.165) is 18.3 Å². The number of carbonyl (C=O) groups is 1. The van der Waals surface area contributed by atoms with Crippen molar-refractivity contribution in [1.82, 2.24) is 0 Å². The Balaban J connectivity index is 1.99. The summed E-state index contributed by atoms with van der Waals surface area (Å²) in [6, 6.07) is 0. The molecule has 0 atom stereocenters.